The number of sulfonamides is 1. The number of hydrogen-bond donors (Lipinski definition) is 1. The van der Waals surface area contributed by atoms with Crippen molar-refractivity contribution < 1.29 is 17.9 Å². The Labute approximate surface area is 180 Å². The Kier molecular flexibility index (Phi) is 5.99. The predicted molar refractivity (Wildman–Crippen MR) is 119 cm³/mol. The SMILES string of the molecule is Cc1cccc(S(=O)(=O)Nc2nc3ccccc3nc2OCCOc2ccccc2)c1. The lowest BCUT2D eigenvalue weighted by Crippen LogP contribution is -2.17. The number of para-hydroxylation sites is 3. The molecule has 1 heterocycles. The Balaban J connectivity index is 1.57. The summed E-state index contributed by atoms with van der Waals surface area (Å²) in [6, 6.07) is 23.2. The highest BCUT2D eigenvalue weighted by Crippen LogP contribution is 2.26. The third-order valence-electron chi connectivity index (χ3n) is 4.40. The number of anilines is 1. The van der Waals surface area contributed by atoms with Gasteiger partial charge in [-0.3, -0.25) is 4.72 Å². The Morgan fingerprint density at radius 3 is 2.23 bits per heavy atom. The van der Waals surface area contributed by atoms with Gasteiger partial charge in [-0.1, -0.05) is 42.5 Å². The fourth-order valence-corrected chi connectivity index (χ4v) is 4.04. The second-order valence-corrected chi connectivity index (χ2v) is 8.48. The number of benzene rings is 3. The van der Waals surface area contributed by atoms with Gasteiger partial charge in [0.15, 0.2) is 0 Å². The highest BCUT2D eigenvalue weighted by molar-refractivity contribution is 7.92. The minimum absolute atomic E-state index is 0.0277. The molecule has 4 rings (SSSR count). The quantitative estimate of drug-likeness (QED) is 0.417. The van der Waals surface area contributed by atoms with E-state index in [0.29, 0.717) is 11.0 Å². The van der Waals surface area contributed by atoms with Crippen molar-refractivity contribution in [2.24, 2.45) is 0 Å². The Morgan fingerprint density at radius 2 is 1.48 bits per heavy atom. The van der Waals surface area contributed by atoms with Gasteiger partial charge in [0, 0.05) is 0 Å². The van der Waals surface area contributed by atoms with Crippen LogP contribution in [0.3, 0.4) is 0 Å². The summed E-state index contributed by atoms with van der Waals surface area (Å²) in [4.78, 5) is 9.01. The average molecular weight is 436 g/mol. The number of nitrogens with zero attached hydrogens (tertiary/aromatic N) is 2. The molecule has 0 fully saturated rings. The van der Waals surface area contributed by atoms with Crippen LogP contribution in [0.25, 0.3) is 11.0 Å². The molecule has 3 aromatic carbocycles. The van der Waals surface area contributed by atoms with E-state index < -0.39 is 10.0 Å². The highest BCUT2D eigenvalue weighted by Gasteiger charge is 2.20. The molecular weight excluding hydrogens is 414 g/mol. The van der Waals surface area contributed by atoms with E-state index in [9.17, 15) is 8.42 Å². The summed E-state index contributed by atoms with van der Waals surface area (Å²) in [5.74, 6) is 0.836. The van der Waals surface area contributed by atoms with Crippen LogP contribution in [0.2, 0.25) is 0 Å². The van der Waals surface area contributed by atoms with Crippen LogP contribution < -0.4 is 14.2 Å². The third-order valence-corrected chi connectivity index (χ3v) is 5.74. The minimum atomic E-state index is -3.86. The van der Waals surface area contributed by atoms with Gasteiger partial charge in [0.1, 0.15) is 19.0 Å². The summed E-state index contributed by atoms with van der Waals surface area (Å²) < 4.78 is 39.7. The lowest BCUT2D eigenvalue weighted by molar-refractivity contribution is 0.213. The van der Waals surface area contributed by atoms with Crippen molar-refractivity contribution in [3.63, 3.8) is 0 Å². The molecule has 0 radical (unpaired) electrons. The van der Waals surface area contributed by atoms with Crippen LogP contribution in [0.1, 0.15) is 5.56 Å². The van der Waals surface area contributed by atoms with Crippen molar-refractivity contribution in [3.8, 4) is 11.6 Å². The van der Waals surface area contributed by atoms with Gasteiger partial charge in [0.05, 0.1) is 15.9 Å². The highest BCUT2D eigenvalue weighted by atomic mass is 32.2. The lowest BCUT2D eigenvalue weighted by Gasteiger charge is -2.13. The number of rotatable bonds is 8. The van der Waals surface area contributed by atoms with Crippen LogP contribution in [0.5, 0.6) is 11.6 Å². The van der Waals surface area contributed by atoms with Crippen molar-refractivity contribution >= 4 is 26.9 Å². The maximum absolute atomic E-state index is 12.9. The Morgan fingerprint density at radius 1 is 0.806 bits per heavy atom. The maximum atomic E-state index is 12.9. The van der Waals surface area contributed by atoms with Crippen LogP contribution in [0.4, 0.5) is 5.82 Å². The third kappa shape index (κ3) is 5.10. The van der Waals surface area contributed by atoms with Crippen molar-refractivity contribution in [1.29, 1.82) is 0 Å². The predicted octanol–water partition coefficient (Wildman–Crippen LogP) is 4.20. The molecule has 1 aromatic heterocycles. The maximum Gasteiger partial charge on any atom is 0.263 e. The van der Waals surface area contributed by atoms with Gasteiger partial charge in [-0.15, -0.1) is 0 Å². The monoisotopic (exact) mass is 435 g/mol. The molecule has 0 amide bonds. The molecule has 0 aliphatic heterocycles. The molecule has 7 nitrogen and oxygen atoms in total. The van der Waals surface area contributed by atoms with Crippen LogP contribution in [-0.4, -0.2) is 31.6 Å². The summed E-state index contributed by atoms with van der Waals surface area (Å²) >= 11 is 0. The summed E-state index contributed by atoms with van der Waals surface area (Å²) in [5.41, 5.74) is 1.99. The second kappa shape index (κ2) is 9.01. The summed E-state index contributed by atoms with van der Waals surface area (Å²) in [5, 5.41) is 0. The Hall–Kier alpha value is -3.65. The molecule has 4 aromatic rings. The van der Waals surface area contributed by atoms with Crippen molar-refractivity contribution in [2.45, 2.75) is 11.8 Å². The van der Waals surface area contributed by atoms with Crippen molar-refractivity contribution in [3.05, 3.63) is 84.4 Å². The van der Waals surface area contributed by atoms with Crippen molar-refractivity contribution in [1.82, 2.24) is 9.97 Å². The van der Waals surface area contributed by atoms with E-state index >= 15 is 0 Å². The van der Waals surface area contributed by atoms with E-state index in [-0.39, 0.29) is 29.8 Å². The van der Waals surface area contributed by atoms with Gasteiger partial charge in [0.2, 0.25) is 5.82 Å². The molecule has 0 aliphatic carbocycles. The van der Waals surface area contributed by atoms with Gasteiger partial charge < -0.3 is 9.47 Å². The van der Waals surface area contributed by atoms with Gasteiger partial charge in [-0.25, -0.2) is 18.4 Å². The zero-order valence-corrected chi connectivity index (χ0v) is 17.7. The molecular formula is C23H21N3O4S. The molecule has 0 atom stereocenters. The van der Waals surface area contributed by atoms with Crippen LogP contribution in [-0.2, 0) is 10.0 Å². The van der Waals surface area contributed by atoms with Gasteiger partial charge in [-0.05, 0) is 48.9 Å². The van der Waals surface area contributed by atoms with E-state index in [1.165, 1.54) is 6.07 Å². The van der Waals surface area contributed by atoms with Gasteiger partial charge in [-0.2, -0.15) is 0 Å². The zero-order chi connectivity index (χ0) is 21.7. The number of aromatic nitrogens is 2. The van der Waals surface area contributed by atoms with E-state index in [1.807, 2.05) is 55.5 Å². The normalized spacial score (nSPS) is 11.3. The number of aryl methyl sites for hydroxylation is 1. The summed E-state index contributed by atoms with van der Waals surface area (Å²) in [6.07, 6.45) is 0. The van der Waals surface area contributed by atoms with Crippen LogP contribution in [0.15, 0.2) is 83.8 Å². The number of nitrogens with one attached hydrogen (secondary N) is 1. The first-order valence-electron chi connectivity index (χ1n) is 9.68. The lowest BCUT2D eigenvalue weighted by atomic mass is 10.2. The molecule has 0 saturated heterocycles. The summed E-state index contributed by atoms with van der Waals surface area (Å²) in [7, 11) is -3.86. The standard InChI is InChI=1S/C23H21N3O4S/c1-17-8-7-11-19(16-17)31(27,28)26-22-23(25-21-13-6-5-12-20(21)24-22)30-15-14-29-18-9-3-2-4-10-18/h2-13,16H,14-15H2,1H3,(H,24,26). The topological polar surface area (TPSA) is 90.4 Å². The zero-order valence-electron chi connectivity index (χ0n) is 16.9. The van der Waals surface area contributed by atoms with E-state index in [1.54, 1.807) is 24.3 Å². The first-order chi connectivity index (χ1) is 15.0. The van der Waals surface area contributed by atoms with E-state index in [4.69, 9.17) is 9.47 Å². The molecule has 158 valence electrons. The molecule has 1 N–H and O–H groups in total. The smallest absolute Gasteiger partial charge is 0.263 e. The number of hydrogen-bond acceptors (Lipinski definition) is 6. The fourth-order valence-electron chi connectivity index (χ4n) is 2.93. The van der Waals surface area contributed by atoms with Gasteiger partial charge in [0.25, 0.3) is 15.9 Å². The second-order valence-electron chi connectivity index (χ2n) is 6.80. The van der Waals surface area contributed by atoms with Crippen LogP contribution in [0, 0.1) is 6.92 Å². The molecule has 8 heteroatoms. The van der Waals surface area contributed by atoms with Gasteiger partial charge >= 0.3 is 0 Å². The Bertz CT molecular complexity index is 1290. The van der Waals surface area contributed by atoms with Crippen molar-refractivity contribution in [2.75, 3.05) is 17.9 Å². The first-order valence-corrected chi connectivity index (χ1v) is 11.2. The molecule has 0 spiro atoms. The van der Waals surface area contributed by atoms with E-state index in [0.717, 1.165) is 11.3 Å². The average Bonchev–Trinajstić information content (AvgIpc) is 2.77. The largest absolute Gasteiger partial charge is 0.490 e. The molecule has 31 heavy (non-hydrogen) atoms. The van der Waals surface area contributed by atoms with Crippen LogP contribution >= 0.6 is 0 Å². The number of fused-ring (bicyclic) bond motifs is 1. The summed E-state index contributed by atoms with van der Waals surface area (Å²) in [6.45, 7) is 2.26. The first kappa shape index (κ1) is 20.6. The molecule has 0 aliphatic rings. The van der Waals surface area contributed by atoms with E-state index in [2.05, 4.69) is 14.7 Å². The fraction of sp³-hybridized carbons (Fsp3) is 0.130. The number of ether oxygens (including phenoxy) is 2. The molecule has 0 bridgehead atoms. The minimum Gasteiger partial charge on any atom is -0.490 e. The molecule has 0 unspecified atom stereocenters. The molecule has 0 saturated carbocycles.